The van der Waals surface area contributed by atoms with Gasteiger partial charge in [-0.15, -0.1) is 22.0 Å². The summed E-state index contributed by atoms with van der Waals surface area (Å²) < 4.78 is 2.15. The molecule has 0 aliphatic carbocycles. The Bertz CT molecular complexity index is 1050. The SMILES string of the molecule is O=C(NCc1nnc2n1CCCCC2)c1cccc(CSc2cc(Cl)ccc2Cl)c1. The second-order valence-corrected chi connectivity index (χ2v) is 9.10. The molecule has 3 aromatic rings. The number of halogens is 2. The van der Waals surface area contributed by atoms with Crippen LogP contribution in [0.2, 0.25) is 10.0 Å². The first-order valence-electron chi connectivity index (χ1n) is 9.96. The lowest BCUT2D eigenvalue weighted by molar-refractivity contribution is 0.0949. The molecule has 0 saturated carbocycles. The molecule has 4 rings (SSSR count). The van der Waals surface area contributed by atoms with Crippen LogP contribution in [0.1, 0.15) is 46.8 Å². The molecule has 1 aromatic heterocycles. The van der Waals surface area contributed by atoms with Crippen molar-refractivity contribution in [3.63, 3.8) is 0 Å². The second kappa shape index (κ2) is 9.86. The number of aryl methyl sites for hydroxylation is 1. The number of hydrogen-bond acceptors (Lipinski definition) is 4. The van der Waals surface area contributed by atoms with E-state index in [9.17, 15) is 4.79 Å². The van der Waals surface area contributed by atoms with Crippen LogP contribution >= 0.6 is 35.0 Å². The van der Waals surface area contributed by atoms with E-state index in [-0.39, 0.29) is 5.91 Å². The molecule has 0 fully saturated rings. The van der Waals surface area contributed by atoms with Gasteiger partial charge in [-0.05, 0) is 48.7 Å². The van der Waals surface area contributed by atoms with Crippen molar-refractivity contribution in [1.29, 1.82) is 0 Å². The number of amides is 1. The molecule has 2 heterocycles. The van der Waals surface area contributed by atoms with Crippen LogP contribution in [0.3, 0.4) is 0 Å². The maximum absolute atomic E-state index is 12.7. The Labute approximate surface area is 190 Å². The minimum atomic E-state index is -0.117. The van der Waals surface area contributed by atoms with Gasteiger partial charge in [0.1, 0.15) is 5.82 Å². The van der Waals surface area contributed by atoms with Crippen molar-refractivity contribution in [1.82, 2.24) is 20.1 Å². The molecule has 5 nitrogen and oxygen atoms in total. The van der Waals surface area contributed by atoms with E-state index in [2.05, 4.69) is 20.1 Å². The molecule has 0 spiro atoms. The standard InChI is InChI=1S/C22H22Cl2N4OS/c23-17-8-9-18(24)19(12-17)30-14-15-5-4-6-16(11-15)22(29)25-13-21-27-26-20-7-2-1-3-10-28(20)21/h4-6,8-9,11-12H,1-3,7,10,13-14H2,(H,25,29). The Balaban J connectivity index is 1.38. The van der Waals surface area contributed by atoms with E-state index in [0.29, 0.717) is 27.9 Å². The maximum atomic E-state index is 12.7. The first-order chi connectivity index (χ1) is 14.6. The largest absolute Gasteiger partial charge is 0.345 e. The maximum Gasteiger partial charge on any atom is 0.251 e. The lowest BCUT2D eigenvalue weighted by Crippen LogP contribution is -2.25. The Morgan fingerprint density at radius 1 is 1.10 bits per heavy atom. The van der Waals surface area contributed by atoms with Gasteiger partial charge in [-0.1, -0.05) is 41.8 Å². The van der Waals surface area contributed by atoms with Crippen molar-refractivity contribution in [2.24, 2.45) is 0 Å². The van der Waals surface area contributed by atoms with Crippen molar-refractivity contribution in [2.75, 3.05) is 0 Å². The average Bonchev–Trinajstić information content (AvgIpc) is 2.98. The van der Waals surface area contributed by atoms with Crippen LogP contribution in [0.5, 0.6) is 0 Å². The van der Waals surface area contributed by atoms with E-state index < -0.39 is 0 Å². The van der Waals surface area contributed by atoms with Gasteiger partial charge in [0, 0.05) is 34.2 Å². The molecule has 0 radical (unpaired) electrons. The van der Waals surface area contributed by atoms with E-state index in [1.54, 1.807) is 23.9 Å². The lowest BCUT2D eigenvalue weighted by atomic mass is 10.1. The normalized spacial score (nSPS) is 13.5. The molecule has 1 N–H and O–H groups in total. The predicted molar refractivity (Wildman–Crippen MR) is 121 cm³/mol. The van der Waals surface area contributed by atoms with E-state index in [4.69, 9.17) is 23.2 Å². The molecule has 1 aliphatic rings. The number of carbonyl (C=O) groups excluding carboxylic acids is 1. The molecule has 0 atom stereocenters. The van der Waals surface area contributed by atoms with Crippen molar-refractivity contribution < 1.29 is 4.79 Å². The number of hydrogen-bond donors (Lipinski definition) is 1. The molecule has 8 heteroatoms. The molecule has 30 heavy (non-hydrogen) atoms. The summed E-state index contributed by atoms with van der Waals surface area (Å²) in [5.41, 5.74) is 1.67. The summed E-state index contributed by atoms with van der Waals surface area (Å²) in [6.45, 7) is 1.30. The number of rotatable bonds is 6. The van der Waals surface area contributed by atoms with E-state index in [1.807, 2.05) is 30.3 Å². The number of aromatic nitrogens is 3. The average molecular weight is 461 g/mol. The highest BCUT2D eigenvalue weighted by Crippen LogP contribution is 2.32. The highest BCUT2D eigenvalue weighted by molar-refractivity contribution is 7.98. The lowest BCUT2D eigenvalue weighted by Gasteiger charge is -2.09. The van der Waals surface area contributed by atoms with Gasteiger partial charge in [0.05, 0.1) is 11.6 Å². The van der Waals surface area contributed by atoms with Gasteiger partial charge in [0.2, 0.25) is 0 Å². The van der Waals surface area contributed by atoms with Crippen LogP contribution in [0, 0.1) is 0 Å². The molecule has 1 aliphatic heterocycles. The zero-order chi connectivity index (χ0) is 20.9. The molecule has 1 amide bonds. The van der Waals surface area contributed by atoms with E-state index >= 15 is 0 Å². The smallest absolute Gasteiger partial charge is 0.251 e. The third-order valence-corrected chi connectivity index (χ3v) is 6.87. The number of benzene rings is 2. The van der Waals surface area contributed by atoms with Crippen molar-refractivity contribution >= 4 is 40.9 Å². The van der Waals surface area contributed by atoms with Crippen LogP contribution in [-0.2, 0) is 25.3 Å². The summed E-state index contributed by atoms with van der Waals surface area (Å²) in [6, 6.07) is 13.0. The molecular formula is C22H22Cl2N4OS. The fourth-order valence-corrected chi connectivity index (χ4v) is 4.92. The molecule has 156 valence electrons. The fraction of sp³-hybridized carbons (Fsp3) is 0.318. The summed E-state index contributed by atoms with van der Waals surface area (Å²) in [5.74, 6) is 2.42. The number of thioether (sulfide) groups is 1. The van der Waals surface area contributed by atoms with Crippen LogP contribution in [0.25, 0.3) is 0 Å². The fourth-order valence-electron chi connectivity index (χ4n) is 3.49. The topological polar surface area (TPSA) is 59.8 Å². The molecule has 2 aromatic carbocycles. The highest BCUT2D eigenvalue weighted by atomic mass is 35.5. The third-order valence-electron chi connectivity index (χ3n) is 5.07. The summed E-state index contributed by atoms with van der Waals surface area (Å²) >= 11 is 13.9. The van der Waals surface area contributed by atoms with Crippen LogP contribution < -0.4 is 5.32 Å². The molecule has 0 saturated heterocycles. The first kappa shape index (κ1) is 21.2. The van der Waals surface area contributed by atoms with Gasteiger partial charge in [-0.2, -0.15) is 0 Å². The third kappa shape index (κ3) is 5.17. The molecule has 0 bridgehead atoms. The minimum absolute atomic E-state index is 0.117. The second-order valence-electron chi connectivity index (χ2n) is 7.24. The Morgan fingerprint density at radius 2 is 2.00 bits per heavy atom. The van der Waals surface area contributed by atoms with E-state index in [0.717, 1.165) is 47.9 Å². The number of nitrogens with one attached hydrogen (secondary N) is 1. The van der Waals surface area contributed by atoms with Gasteiger partial charge in [-0.25, -0.2) is 0 Å². The van der Waals surface area contributed by atoms with Crippen LogP contribution in [0.15, 0.2) is 47.4 Å². The number of carbonyl (C=O) groups is 1. The molecule has 0 unspecified atom stereocenters. The van der Waals surface area contributed by atoms with Crippen molar-refractivity contribution in [2.45, 2.75) is 49.4 Å². The predicted octanol–water partition coefficient (Wildman–Crippen LogP) is 5.53. The summed E-state index contributed by atoms with van der Waals surface area (Å²) in [5, 5.41) is 12.9. The monoisotopic (exact) mass is 460 g/mol. The van der Waals surface area contributed by atoms with Crippen molar-refractivity contribution in [3.8, 4) is 0 Å². The van der Waals surface area contributed by atoms with Crippen LogP contribution in [0.4, 0.5) is 0 Å². The number of nitrogens with zero attached hydrogens (tertiary/aromatic N) is 3. The van der Waals surface area contributed by atoms with Gasteiger partial charge in [-0.3, -0.25) is 4.79 Å². The van der Waals surface area contributed by atoms with Gasteiger partial charge < -0.3 is 9.88 Å². The van der Waals surface area contributed by atoms with Gasteiger partial charge in [0.15, 0.2) is 5.82 Å². The van der Waals surface area contributed by atoms with E-state index in [1.165, 1.54) is 6.42 Å². The Morgan fingerprint density at radius 3 is 2.90 bits per heavy atom. The summed E-state index contributed by atoms with van der Waals surface area (Å²) in [7, 11) is 0. The first-order valence-corrected chi connectivity index (χ1v) is 11.7. The van der Waals surface area contributed by atoms with Crippen molar-refractivity contribution in [3.05, 3.63) is 75.3 Å². The van der Waals surface area contributed by atoms with Gasteiger partial charge in [0.25, 0.3) is 5.91 Å². The summed E-state index contributed by atoms with van der Waals surface area (Å²) in [6.07, 6.45) is 4.44. The Hall–Kier alpha value is -2.02. The Kier molecular flexibility index (Phi) is 6.97. The quantitative estimate of drug-likeness (QED) is 0.490. The number of fused-ring (bicyclic) bond motifs is 1. The zero-order valence-electron chi connectivity index (χ0n) is 16.4. The summed E-state index contributed by atoms with van der Waals surface area (Å²) in [4.78, 5) is 13.6. The van der Waals surface area contributed by atoms with Crippen LogP contribution in [-0.4, -0.2) is 20.7 Å². The minimum Gasteiger partial charge on any atom is -0.345 e. The highest BCUT2D eigenvalue weighted by Gasteiger charge is 2.15. The zero-order valence-corrected chi connectivity index (χ0v) is 18.7. The molecular weight excluding hydrogens is 439 g/mol. The van der Waals surface area contributed by atoms with Gasteiger partial charge >= 0.3 is 0 Å².